The van der Waals surface area contributed by atoms with E-state index in [2.05, 4.69) is 33.8 Å². The molecule has 0 bridgehead atoms. The van der Waals surface area contributed by atoms with E-state index in [4.69, 9.17) is 0 Å². The topological polar surface area (TPSA) is 38.1 Å². The number of fused-ring (bicyclic) bond motifs is 3. The molecule has 3 atom stereocenters. The van der Waals surface area contributed by atoms with Crippen molar-refractivity contribution in [2.75, 3.05) is 0 Å². The Hall–Kier alpha value is -1.61. The maximum atomic E-state index is 10.2. The summed E-state index contributed by atoms with van der Waals surface area (Å²) in [6, 6.07) is 8.79. The number of hydrogen-bond acceptors (Lipinski definition) is 2. The first-order valence-corrected chi connectivity index (χ1v) is 6.65. The first-order chi connectivity index (χ1) is 8.86. The second-order valence-electron chi connectivity index (χ2n) is 5.38. The summed E-state index contributed by atoms with van der Waals surface area (Å²) in [6.45, 7) is 0. The third kappa shape index (κ3) is 1.25. The largest absolute Gasteiger partial charge is 0.393 e. The maximum Gasteiger partial charge on any atom is 0.0956 e. The Kier molecular flexibility index (Phi) is 2.12. The van der Waals surface area contributed by atoms with Crippen LogP contribution in [0.15, 0.2) is 36.8 Å². The molecule has 2 heterocycles. The molecule has 1 aliphatic carbocycles. The number of rotatable bonds is 1. The highest BCUT2D eigenvalue weighted by Gasteiger charge is 2.39. The average Bonchev–Trinajstić information content (AvgIpc) is 3.05. The fourth-order valence-electron chi connectivity index (χ4n) is 3.65. The summed E-state index contributed by atoms with van der Waals surface area (Å²) in [5, 5.41) is 10.2. The van der Waals surface area contributed by atoms with Crippen molar-refractivity contribution in [3.05, 3.63) is 42.4 Å². The van der Waals surface area contributed by atoms with Gasteiger partial charge in [-0.3, -0.25) is 0 Å². The van der Waals surface area contributed by atoms with E-state index < -0.39 is 0 Å². The van der Waals surface area contributed by atoms with Gasteiger partial charge in [0.15, 0.2) is 0 Å². The van der Waals surface area contributed by atoms with Crippen LogP contribution in [0.5, 0.6) is 0 Å². The molecule has 18 heavy (non-hydrogen) atoms. The first kappa shape index (κ1) is 10.3. The molecule has 4 rings (SSSR count). The smallest absolute Gasteiger partial charge is 0.0956 e. The number of nitrogens with zero attached hydrogens (tertiary/aromatic N) is 2. The van der Waals surface area contributed by atoms with E-state index in [9.17, 15) is 5.11 Å². The van der Waals surface area contributed by atoms with Crippen LogP contribution in [-0.2, 0) is 0 Å². The summed E-state index contributed by atoms with van der Waals surface area (Å²) in [7, 11) is 0. The highest BCUT2D eigenvalue weighted by atomic mass is 16.3. The molecule has 0 saturated heterocycles. The van der Waals surface area contributed by atoms with Crippen LogP contribution in [0.4, 0.5) is 0 Å². The van der Waals surface area contributed by atoms with Crippen LogP contribution in [0.1, 0.15) is 30.9 Å². The summed E-state index contributed by atoms with van der Waals surface area (Å²) < 4.78 is 2.24. The van der Waals surface area contributed by atoms with Crippen molar-refractivity contribution < 1.29 is 5.11 Å². The van der Waals surface area contributed by atoms with Crippen molar-refractivity contribution in [3.8, 4) is 11.3 Å². The van der Waals surface area contributed by atoms with Crippen molar-refractivity contribution in [3.63, 3.8) is 0 Å². The van der Waals surface area contributed by atoms with E-state index in [1.807, 2.05) is 12.5 Å². The van der Waals surface area contributed by atoms with Gasteiger partial charge in [0.25, 0.3) is 0 Å². The minimum Gasteiger partial charge on any atom is -0.393 e. The molecule has 1 saturated carbocycles. The highest BCUT2D eigenvalue weighted by Crippen LogP contribution is 2.47. The monoisotopic (exact) mass is 240 g/mol. The van der Waals surface area contributed by atoms with Gasteiger partial charge in [0.1, 0.15) is 0 Å². The zero-order chi connectivity index (χ0) is 12.1. The Labute approximate surface area is 106 Å². The van der Waals surface area contributed by atoms with E-state index in [-0.39, 0.29) is 12.1 Å². The van der Waals surface area contributed by atoms with Crippen LogP contribution in [0, 0.1) is 5.92 Å². The van der Waals surface area contributed by atoms with Crippen LogP contribution in [0.2, 0.25) is 0 Å². The van der Waals surface area contributed by atoms with Crippen molar-refractivity contribution in [1.82, 2.24) is 9.55 Å². The lowest BCUT2D eigenvalue weighted by Gasteiger charge is -2.24. The molecule has 1 fully saturated rings. The number of aliphatic hydroxyl groups is 1. The molecule has 92 valence electrons. The van der Waals surface area contributed by atoms with Crippen molar-refractivity contribution >= 4 is 0 Å². The van der Waals surface area contributed by atoms with E-state index >= 15 is 0 Å². The lowest BCUT2D eigenvalue weighted by atomic mass is 9.90. The number of benzene rings is 1. The Balaban J connectivity index is 1.89. The first-order valence-electron chi connectivity index (χ1n) is 6.65. The molecule has 1 aliphatic heterocycles. The molecular formula is C15H16N2O. The minimum atomic E-state index is -0.170. The summed E-state index contributed by atoms with van der Waals surface area (Å²) in [6.07, 6.45) is 6.85. The molecule has 1 N–H and O–H groups in total. The maximum absolute atomic E-state index is 10.2. The zero-order valence-corrected chi connectivity index (χ0v) is 10.2. The minimum absolute atomic E-state index is 0.170. The van der Waals surface area contributed by atoms with Crippen LogP contribution < -0.4 is 0 Å². The molecule has 0 spiro atoms. The number of hydrogen-bond donors (Lipinski definition) is 1. The predicted molar refractivity (Wildman–Crippen MR) is 69.1 cm³/mol. The van der Waals surface area contributed by atoms with E-state index in [0.29, 0.717) is 5.92 Å². The van der Waals surface area contributed by atoms with Gasteiger partial charge in [-0.2, -0.15) is 0 Å². The van der Waals surface area contributed by atoms with Crippen LogP contribution in [0.3, 0.4) is 0 Å². The van der Waals surface area contributed by atoms with Crippen molar-refractivity contribution in [2.24, 2.45) is 5.92 Å². The molecular weight excluding hydrogens is 224 g/mol. The zero-order valence-electron chi connectivity index (χ0n) is 10.2. The molecule has 0 radical (unpaired) electrons. The average molecular weight is 240 g/mol. The Morgan fingerprint density at radius 2 is 2.11 bits per heavy atom. The molecule has 2 aromatic rings. The van der Waals surface area contributed by atoms with Gasteiger partial charge < -0.3 is 9.67 Å². The molecule has 0 amide bonds. The Morgan fingerprint density at radius 3 is 2.94 bits per heavy atom. The van der Waals surface area contributed by atoms with Gasteiger partial charge in [-0.25, -0.2) is 4.98 Å². The fraction of sp³-hybridized carbons (Fsp3) is 0.400. The molecule has 0 unspecified atom stereocenters. The van der Waals surface area contributed by atoms with Gasteiger partial charge in [-0.1, -0.05) is 30.7 Å². The van der Waals surface area contributed by atoms with Crippen LogP contribution >= 0.6 is 0 Å². The second-order valence-corrected chi connectivity index (χ2v) is 5.38. The van der Waals surface area contributed by atoms with Gasteiger partial charge in [0.05, 0.1) is 30.4 Å². The van der Waals surface area contributed by atoms with Gasteiger partial charge in [-0.05, 0) is 18.4 Å². The normalized spacial score (nSPS) is 29.3. The third-order valence-corrected chi connectivity index (χ3v) is 4.46. The van der Waals surface area contributed by atoms with Gasteiger partial charge in [0, 0.05) is 11.5 Å². The van der Waals surface area contributed by atoms with Gasteiger partial charge >= 0.3 is 0 Å². The molecule has 1 aromatic heterocycles. The van der Waals surface area contributed by atoms with E-state index in [0.717, 1.165) is 19.3 Å². The van der Waals surface area contributed by atoms with Gasteiger partial charge in [0.2, 0.25) is 0 Å². The molecule has 2 aliphatic rings. The fourth-order valence-corrected chi connectivity index (χ4v) is 3.65. The lowest BCUT2D eigenvalue weighted by molar-refractivity contribution is 0.112. The summed E-state index contributed by atoms with van der Waals surface area (Å²) in [5.41, 5.74) is 3.81. The highest BCUT2D eigenvalue weighted by molar-refractivity contribution is 5.69. The number of aliphatic hydroxyl groups excluding tert-OH is 1. The van der Waals surface area contributed by atoms with Crippen LogP contribution in [0.25, 0.3) is 11.3 Å². The molecule has 3 heteroatoms. The lowest BCUT2D eigenvalue weighted by Crippen LogP contribution is -2.24. The standard InChI is InChI=1S/C15H16N2O/c18-14-7-3-6-12(14)15-11-5-2-1-4-10(11)13-8-16-9-17(13)15/h1-2,4-5,8-9,12,14-15,18H,3,6-7H2/t12-,14-,15-/m1/s1. The van der Waals surface area contributed by atoms with E-state index in [1.165, 1.54) is 16.8 Å². The molecule has 3 nitrogen and oxygen atoms in total. The van der Waals surface area contributed by atoms with E-state index in [1.54, 1.807) is 0 Å². The van der Waals surface area contributed by atoms with Crippen molar-refractivity contribution in [1.29, 1.82) is 0 Å². The van der Waals surface area contributed by atoms with Crippen LogP contribution in [-0.4, -0.2) is 20.8 Å². The third-order valence-electron chi connectivity index (χ3n) is 4.46. The van der Waals surface area contributed by atoms with Gasteiger partial charge in [-0.15, -0.1) is 0 Å². The molecule has 1 aromatic carbocycles. The summed E-state index contributed by atoms with van der Waals surface area (Å²) in [4.78, 5) is 4.27. The second kappa shape index (κ2) is 3.69. The predicted octanol–water partition coefficient (Wildman–Crippen LogP) is 2.61. The quantitative estimate of drug-likeness (QED) is 0.832. The number of aromatic nitrogens is 2. The van der Waals surface area contributed by atoms with Crippen molar-refractivity contribution in [2.45, 2.75) is 31.4 Å². The SMILES string of the molecule is O[C@@H]1CCC[C@H]1[C@H]1c2ccccc2-c2cncn21. The Morgan fingerprint density at radius 1 is 1.22 bits per heavy atom. The number of imidazole rings is 1. The summed E-state index contributed by atoms with van der Waals surface area (Å²) in [5.74, 6) is 0.335. The Bertz CT molecular complexity index is 590. The summed E-state index contributed by atoms with van der Waals surface area (Å²) >= 11 is 0.